The van der Waals surface area contributed by atoms with Gasteiger partial charge in [-0.3, -0.25) is 9.48 Å². The highest BCUT2D eigenvalue weighted by atomic mass is 35.5. The standard InChI is InChI=1S/C23H25N7O.ClH/c1-15-10-17(4-5-18(15)13-29-9-8-24-16(2)23(29)31)22-21-6-7-25-30(21)14-20(27-22)19-11-26-28(3)12-19;/h4-7,10-12,14,16,24H,8-9,13H2,1-3H3;1H. The van der Waals surface area contributed by atoms with Crippen LogP contribution >= 0.6 is 12.4 Å². The molecule has 1 fully saturated rings. The fourth-order valence-electron chi connectivity index (χ4n) is 4.10. The second-order valence-corrected chi connectivity index (χ2v) is 8.12. The van der Waals surface area contributed by atoms with E-state index in [1.54, 1.807) is 17.1 Å². The van der Waals surface area contributed by atoms with Gasteiger partial charge in [-0.15, -0.1) is 12.4 Å². The first kappa shape index (κ1) is 22.0. The number of piperazine rings is 1. The zero-order valence-corrected chi connectivity index (χ0v) is 19.1. The predicted molar refractivity (Wildman–Crippen MR) is 125 cm³/mol. The third-order valence-corrected chi connectivity index (χ3v) is 5.88. The normalized spacial score (nSPS) is 16.4. The van der Waals surface area contributed by atoms with Crippen LogP contribution in [0.5, 0.6) is 0 Å². The van der Waals surface area contributed by atoms with Gasteiger partial charge in [0.05, 0.1) is 41.5 Å². The maximum Gasteiger partial charge on any atom is 0.239 e. The van der Waals surface area contributed by atoms with Crippen molar-refractivity contribution >= 4 is 23.8 Å². The number of hydrogen-bond donors (Lipinski definition) is 1. The molecule has 166 valence electrons. The maximum atomic E-state index is 12.5. The zero-order chi connectivity index (χ0) is 21.5. The number of nitrogens with one attached hydrogen (secondary N) is 1. The number of nitrogens with zero attached hydrogens (tertiary/aromatic N) is 6. The number of rotatable bonds is 4. The lowest BCUT2D eigenvalue weighted by Crippen LogP contribution is -2.53. The summed E-state index contributed by atoms with van der Waals surface area (Å²) in [4.78, 5) is 19.3. The summed E-state index contributed by atoms with van der Waals surface area (Å²) in [5.74, 6) is 0.154. The second kappa shape index (κ2) is 8.72. The highest BCUT2D eigenvalue weighted by Crippen LogP contribution is 2.28. The molecule has 1 atom stereocenters. The van der Waals surface area contributed by atoms with E-state index in [0.29, 0.717) is 6.54 Å². The molecule has 1 aliphatic heterocycles. The van der Waals surface area contributed by atoms with Crippen molar-refractivity contribution in [1.29, 1.82) is 0 Å². The van der Waals surface area contributed by atoms with E-state index in [-0.39, 0.29) is 24.4 Å². The van der Waals surface area contributed by atoms with Crippen molar-refractivity contribution in [1.82, 2.24) is 34.6 Å². The molecule has 1 unspecified atom stereocenters. The van der Waals surface area contributed by atoms with Crippen molar-refractivity contribution in [3.63, 3.8) is 0 Å². The minimum absolute atomic E-state index is 0. The van der Waals surface area contributed by atoms with E-state index in [2.05, 4.69) is 40.6 Å². The molecule has 1 saturated heterocycles. The van der Waals surface area contributed by atoms with E-state index < -0.39 is 0 Å². The van der Waals surface area contributed by atoms with Gasteiger partial charge in [0, 0.05) is 44.0 Å². The van der Waals surface area contributed by atoms with Gasteiger partial charge in [0.2, 0.25) is 5.91 Å². The quantitative estimate of drug-likeness (QED) is 0.516. The van der Waals surface area contributed by atoms with Gasteiger partial charge < -0.3 is 10.2 Å². The number of hydrogen-bond acceptors (Lipinski definition) is 5. The maximum absolute atomic E-state index is 12.5. The van der Waals surface area contributed by atoms with Crippen molar-refractivity contribution in [2.45, 2.75) is 26.4 Å². The Labute approximate surface area is 192 Å². The fourth-order valence-corrected chi connectivity index (χ4v) is 4.10. The monoisotopic (exact) mass is 451 g/mol. The molecule has 1 aliphatic rings. The first-order valence-corrected chi connectivity index (χ1v) is 10.4. The third-order valence-electron chi connectivity index (χ3n) is 5.88. The van der Waals surface area contributed by atoms with Gasteiger partial charge >= 0.3 is 0 Å². The predicted octanol–water partition coefficient (Wildman–Crippen LogP) is 2.85. The zero-order valence-electron chi connectivity index (χ0n) is 18.3. The average molecular weight is 452 g/mol. The van der Waals surface area contributed by atoms with Gasteiger partial charge in [-0.25, -0.2) is 9.50 Å². The van der Waals surface area contributed by atoms with Crippen LogP contribution in [0.2, 0.25) is 0 Å². The number of aromatic nitrogens is 5. The molecule has 5 rings (SSSR count). The summed E-state index contributed by atoms with van der Waals surface area (Å²) >= 11 is 0. The highest BCUT2D eigenvalue weighted by Gasteiger charge is 2.25. The van der Waals surface area contributed by atoms with E-state index in [9.17, 15) is 4.79 Å². The first-order chi connectivity index (χ1) is 15.0. The Morgan fingerprint density at radius 3 is 2.75 bits per heavy atom. The van der Waals surface area contributed by atoms with Crippen molar-refractivity contribution < 1.29 is 4.79 Å². The van der Waals surface area contributed by atoms with E-state index in [1.165, 1.54) is 0 Å². The van der Waals surface area contributed by atoms with Crippen LogP contribution in [0.4, 0.5) is 0 Å². The summed E-state index contributed by atoms with van der Waals surface area (Å²) in [6.07, 6.45) is 7.46. The molecule has 1 amide bonds. The Morgan fingerprint density at radius 1 is 1.16 bits per heavy atom. The summed E-state index contributed by atoms with van der Waals surface area (Å²) in [7, 11) is 1.89. The molecule has 1 aromatic carbocycles. The molecular formula is C23H26ClN7O. The van der Waals surface area contributed by atoms with Gasteiger partial charge in [-0.05, 0) is 37.1 Å². The minimum Gasteiger partial charge on any atom is -0.336 e. The molecule has 1 N–H and O–H groups in total. The van der Waals surface area contributed by atoms with Gasteiger partial charge in [0.1, 0.15) is 0 Å². The third kappa shape index (κ3) is 3.99. The lowest BCUT2D eigenvalue weighted by molar-refractivity contribution is -0.135. The van der Waals surface area contributed by atoms with Crippen LogP contribution in [-0.2, 0) is 18.4 Å². The molecule has 4 aromatic rings. The van der Waals surface area contributed by atoms with Gasteiger partial charge in [0.25, 0.3) is 0 Å². The van der Waals surface area contributed by atoms with Crippen LogP contribution in [0.25, 0.3) is 28.0 Å². The van der Waals surface area contributed by atoms with Crippen LogP contribution in [0, 0.1) is 6.92 Å². The smallest absolute Gasteiger partial charge is 0.239 e. The number of halogens is 1. The van der Waals surface area contributed by atoms with E-state index >= 15 is 0 Å². The molecule has 32 heavy (non-hydrogen) atoms. The van der Waals surface area contributed by atoms with Gasteiger partial charge in [-0.2, -0.15) is 10.2 Å². The molecule has 3 aromatic heterocycles. The SMILES string of the molecule is Cc1cc(-c2nc(-c3cnn(C)c3)cn3nccc23)ccc1CN1CCNC(C)C1=O.Cl. The number of benzene rings is 1. The summed E-state index contributed by atoms with van der Waals surface area (Å²) in [6.45, 7) is 6.20. The molecule has 4 heterocycles. The van der Waals surface area contributed by atoms with Crippen LogP contribution in [0.3, 0.4) is 0 Å². The van der Waals surface area contributed by atoms with Crippen LogP contribution in [0.1, 0.15) is 18.1 Å². The Hall–Kier alpha value is -3.23. The summed E-state index contributed by atoms with van der Waals surface area (Å²) in [6, 6.07) is 8.19. The van der Waals surface area contributed by atoms with Crippen LogP contribution in [-0.4, -0.2) is 54.3 Å². The molecule has 9 heteroatoms. The number of aryl methyl sites for hydroxylation is 2. The van der Waals surface area contributed by atoms with E-state index in [4.69, 9.17) is 4.98 Å². The summed E-state index contributed by atoms with van der Waals surface area (Å²) < 4.78 is 3.62. The molecule has 0 saturated carbocycles. The first-order valence-electron chi connectivity index (χ1n) is 10.4. The Kier molecular flexibility index (Phi) is 5.99. The molecule has 8 nitrogen and oxygen atoms in total. The van der Waals surface area contributed by atoms with Crippen molar-refractivity contribution in [2.24, 2.45) is 7.05 Å². The number of carbonyl (C=O) groups excluding carboxylic acids is 1. The van der Waals surface area contributed by atoms with Crippen molar-refractivity contribution in [3.8, 4) is 22.5 Å². The Balaban J connectivity index is 0.00000245. The second-order valence-electron chi connectivity index (χ2n) is 8.12. The van der Waals surface area contributed by atoms with E-state index in [0.717, 1.165) is 52.2 Å². The molecule has 0 aliphatic carbocycles. The Morgan fingerprint density at radius 2 is 2.00 bits per heavy atom. The van der Waals surface area contributed by atoms with Crippen LogP contribution < -0.4 is 5.32 Å². The number of fused-ring (bicyclic) bond motifs is 1. The van der Waals surface area contributed by atoms with Crippen molar-refractivity contribution in [3.05, 3.63) is 60.2 Å². The average Bonchev–Trinajstić information content (AvgIpc) is 3.41. The largest absolute Gasteiger partial charge is 0.336 e. The number of amides is 1. The number of carbonyl (C=O) groups is 1. The molecule has 0 radical (unpaired) electrons. The summed E-state index contributed by atoms with van der Waals surface area (Å²) in [5, 5.41) is 11.9. The topological polar surface area (TPSA) is 80.4 Å². The molecule has 0 spiro atoms. The molecule has 0 bridgehead atoms. The lowest BCUT2D eigenvalue weighted by atomic mass is 10.0. The van der Waals surface area contributed by atoms with Gasteiger partial charge in [0.15, 0.2) is 0 Å². The van der Waals surface area contributed by atoms with Crippen LogP contribution in [0.15, 0.2) is 49.1 Å². The minimum atomic E-state index is -0.122. The molecular weight excluding hydrogens is 426 g/mol. The van der Waals surface area contributed by atoms with Gasteiger partial charge in [-0.1, -0.05) is 12.1 Å². The van der Waals surface area contributed by atoms with Crippen molar-refractivity contribution in [2.75, 3.05) is 13.1 Å². The Bertz CT molecular complexity index is 1280. The highest BCUT2D eigenvalue weighted by molar-refractivity contribution is 5.85. The fraction of sp³-hybridized carbons (Fsp3) is 0.304. The lowest BCUT2D eigenvalue weighted by Gasteiger charge is -2.32. The summed E-state index contributed by atoms with van der Waals surface area (Å²) in [5.41, 5.74) is 6.91. The van der Waals surface area contributed by atoms with E-state index in [1.807, 2.05) is 41.8 Å².